The third-order valence-electron chi connectivity index (χ3n) is 4.86. The number of aromatic nitrogens is 2. The number of fused-ring (bicyclic) bond motifs is 1. The second-order valence-electron chi connectivity index (χ2n) is 6.85. The highest BCUT2D eigenvalue weighted by Crippen LogP contribution is 2.40. The standard InChI is InChI=1S/C19H18N6O5S3/c1-8-11(33-7-21-8)4-3-9-5-31-17-13(16(27)25(17)14(9)18(28)29)23-15(26)12(24-30-2)10-6-32-19(20)22-10/h3-4,6-7,13,17H,5H2,1-2H3,(H2,20,22)(H,23,26)(H,28,29)/p-1/b4-3-,24-12+/t13-,17-/m1/s1. The molecule has 4 heterocycles. The van der Waals surface area contributed by atoms with E-state index in [1.54, 1.807) is 17.7 Å². The van der Waals surface area contributed by atoms with Crippen molar-refractivity contribution < 1.29 is 24.3 Å². The Hall–Kier alpha value is -3.23. The van der Waals surface area contributed by atoms with Crippen LogP contribution >= 0.6 is 34.4 Å². The van der Waals surface area contributed by atoms with Gasteiger partial charge in [0.05, 0.1) is 22.9 Å². The van der Waals surface area contributed by atoms with Crippen molar-refractivity contribution in [3.8, 4) is 0 Å². The average molecular weight is 506 g/mol. The van der Waals surface area contributed by atoms with E-state index in [1.807, 2.05) is 6.92 Å². The number of nitrogens with one attached hydrogen (secondary N) is 1. The van der Waals surface area contributed by atoms with Crippen molar-refractivity contribution in [1.82, 2.24) is 20.2 Å². The van der Waals surface area contributed by atoms with Crippen LogP contribution in [0.5, 0.6) is 0 Å². The number of hydrogen-bond acceptors (Lipinski definition) is 12. The number of allylic oxidation sites excluding steroid dienone is 1. The summed E-state index contributed by atoms with van der Waals surface area (Å²) in [5.41, 5.74) is 8.45. The van der Waals surface area contributed by atoms with Gasteiger partial charge in [0.1, 0.15) is 24.2 Å². The molecule has 2 aliphatic rings. The molecule has 2 amide bonds. The SMILES string of the molecule is CO/N=C(/C(=O)N[C@@H]1C(=O)N2C(C(=O)[O-])=C(/C=C\c3scnc3C)CS[C@H]12)c1csc(N)n1. The molecule has 2 atom stereocenters. The lowest BCUT2D eigenvalue weighted by Crippen LogP contribution is -2.71. The van der Waals surface area contributed by atoms with Crippen LogP contribution in [0.3, 0.4) is 0 Å². The molecule has 33 heavy (non-hydrogen) atoms. The summed E-state index contributed by atoms with van der Waals surface area (Å²) >= 11 is 3.89. The van der Waals surface area contributed by atoms with Gasteiger partial charge in [-0.15, -0.1) is 34.4 Å². The first kappa shape index (κ1) is 22.9. The Bertz CT molecular complexity index is 1220. The fraction of sp³-hybridized carbons (Fsp3) is 0.263. The van der Waals surface area contributed by atoms with Crippen molar-refractivity contribution >= 4 is 69.1 Å². The normalized spacial score (nSPS) is 20.6. The Kier molecular flexibility index (Phi) is 6.49. The van der Waals surface area contributed by atoms with Crippen LogP contribution in [0.2, 0.25) is 0 Å². The lowest BCUT2D eigenvalue weighted by molar-refractivity contribution is -0.301. The van der Waals surface area contributed by atoms with Gasteiger partial charge in [-0.25, -0.2) is 9.97 Å². The Morgan fingerprint density at radius 2 is 2.18 bits per heavy atom. The fourth-order valence-electron chi connectivity index (χ4n) is 3.31. The van der Waals surface area contributed by atoms with Crippen molar-refractivity contribution in [2.24, 2.45) is 5.16 Å². The number of carbonyl (C=O) groups excluding carboxylic acids is 3. The largest absolute Gasteiger partial charge is 0.543 e. The van der Waals surface area contributed by atoms with Gasteiger partial charge in [-0.1, -0.05) is 11.2 Å². The molecule has 14 heteroatoms. The van der Waals surface area contributed by atoms with E-state index < -0.39 is 29.2 Å². The van der Waals surface area contributed by atoms with Crippen LogP contribution in [0.1, 0.15) is 16.3 Å². The number of carboxylic acids is 1. The third kappa shape index (κ3) is 4.36. The van der Waals surface area contributed by atoms with Gasteiger partial charge >= 0.3 is 0 Å². The van der Waals surface area contributed by atoms with Gasteiger partial charge in [-0.05, 0) is 18.6 Å². The minimum Gasteiger partial charge on any atom is -0.543 e. The van der Waals surface area contributed by atoms with E-state index in [2.05, 4.69) is 20.4 Å². The highest BCUT2D eigenvalue weighted by atomic mass is 32.2. The van der Waals surface area contributed by atoms with E-state index >= 15 is 0 Å². The molecule has 0 spiro atoms. The minimum atomic E-state index is -1.46. The van der Waals surface area contributed by atoms with E-state index in [9.17, 15) is 19.5 Å². The number of aliphatic carboxylic acids is 1. The molecule has 0 saturated carbocycles. The predicted molar refractivity (Wildman–Crippen MR) is 123 cm³/mol. The highest BCUT2D eigenvalue weighted by Gasteiger charge is 2.53. The smallest absolute Gasteiger partial charge is 0.276 e. The number of rotatable bonds is 7. The topological polar surface area (TPSA) is 163 Å². The van der Waals surface area contributed by atoms with E-state index in [-0.39, 0.29) is 22.2 Å². The fourth-order valence-corrected chi connectivity index (χ4v) is 5.87. The first-order valence-electron chi connectivity index (χ1n) is 9.42. The Morgan fingerprint density at radius 1 is 1.39 bits per heavy atom. The van der Waals surface area contributed by atoms with Gasteiger partial charge in [0.25, 0.3) is 11.8 Å². The van der Waals surface area contributed by atoms with Crippen molar-refractivity contribution in [1.29, 1.82) is 0 Å². The molecule has 1 saturated heterocycles. The van der Waals surface area contributed by atoms with E-state index in [4.69, 9.17) is 10.6 Å². The quantitative estimate of drug-likeness (QED) is 0.298. The number of nitrogens with two attached hydrogens (primary N) is 1. The summed E-state index contributed by atoms with van der Waals surface area (Å²) in [7, 11) is 1.27. The molecule has 11 nitrogen and oxygen atoms in total. The van der Waals surface area contributed by atoms with Crippen molar-refractivity contribution in [2.75, 3.05) is 18.6 Å². The number of nitrogens with zero attached hydrogens (tertiary/aromatic N) is 4. The molecular formula is C19H17N6O5S3-. The van der Waals surface area contributed by atoms with Gasteiger partial charge in [-0.3, -0.25) is 14.5 Å². The lowest BCUT2D eigenvalue weighted by atomic mass is 10.0. The molecular weight excluding hydrogens is 488 g/mol. The van der Waals surface area contributed by atoms with Crippen molar-refractivity contribution in [3.05, 3.63) is 44.5 Å². The number of anilines is 1. The number of aryl methyl sites for hydroxylation is 1. The minimum absolute atomic E-state index is 0.142. The predicted octanol–water partition coefficient (Wildman–Crippen LogP) is -0.0420. The van der Waals surface area contributed by atoms with Crippen molar-refractivity contribution in [2.45, 2.75) is 18.3 Å². The molecule has 0 aromatic carbocycles. The molecule has 0 unspecified atom stereocenters. The van der Waals surface area contributed by atoms with Crippen LogP contribution < -0.4 is 16.2 Å². The molecule has 4 rings (SSSR count). The van der Waals surface area contributed by atoms with Crippen molar-refractivity contribution in [3.63, 3.8) is 0 Å². The van der Waals surface area contributed by atoms with Crippen LogP contribution in [-0.2, 0) is 19.2 Å². The maximum atomic E-state index is 12.8. The average Bonchev–Trinajstić information content (AvgIpc) is 3.40. The number of thiazole rings is 2. The molecule has 0 aliphatic carbocycles. The number of hydrogen-bond donors (Lipinski definition) is 2. The lowest BCUT2D eigenvalue weighted by Gasteiger charge is -2.50. The summed E-state index contributed by atoms with van der Waals surface area (Å²) in [5.74, 6) is -2.39. The monoisotopic (exact) mass is 505 g/mol. The Balaban J connectivity index is 1.54. The summed E-state index contributed by atoms with van der Waals surface area (Å²) in [5, 5.41) is 19.4. The number of thioether (sulfide) groups is 1. The number of nitrogen functional groups attached to an aromatic ring is 1. The van der Waals surface area contributed by atoms with Gasteiger partial charge < -0.3 is 25.8 Å². The molecule has 0 radical (unpaired) electrons. The summed E-state index contributed by atoms with van der Waals surface area (Å²) in [4.78, 5) is 52.4. The van der Waals surface area contributed by atoms with E-state index in [1.165, 1.54) is 35.6 Å². The van der Waals surface area contributed by atoms with Gasteiger partial charge in [0.15, 0.2) is 10.8 Å². The van der Waals surface area contributed by atoms with Gasteiger partial charge in [0.2, 0.25) is 0 Å². The summed E-state index contributed by atoms with van der Waals surface area (Å²) in [6, 6.07) is -0.941. The van der Waals surface area contributed by atoms with Gasteiger partial charge in [0, 0.05) is 16.0 Å². The first-order valence-corrected chi connectivity index (χ1v) is 12.2. The van der Waals surface area contributed by atoms with Crippen LogP contribution in [0.25, 0.3) is 6.08 Å². The molecule has 2 aromatic heterocycles. The van der Waals surface area contributed by atoms with Crippen LogP contribution in [-0.4, -0.2) is 62.6 Å². The molecule has 172 valence electrons. The number of amides is 2. The second-order valence-corrected chi connectivity index (χ2v) is 9.73. The van der Waals surface area contributed by atoms with E-state index in [0.717, 1.165) is 26.8 Å². The number of oxime groups is 1. The molecule has 2 aromatic rings. The maximum absolute atomic E-state index is 12.8. The Morgan fingerprint density at radius 3 is 2.79 bits per heavy atom. The van der Waals surface area contributed by atoms with Crippen LogP contribution in [0, 0.1) is 6.92 Å². The summed E-state index contributed by atoms with van der Waals surface area (Å²) in [6.07, 6.45) is 3.42. The molecule has 0 bridgehead atoms. The van der Waals surface area contributed by atoms with Crippen LogP contribution in [0.15, 0.2) is 33.4 Å². The summed E-state index contributed by atoms with van der Waals surface area (Å²) < 4.78 is 0. The number of β-lactam (4-membered cyclic amide) rings is 1. The van der Waals surface area contributed by atoms with Gasteiger partial charge in [-0.2, -0.15) is 0 Å². The molecule has 3 N–H and O–H groups in total. The zero-order valence-corrected chi connectivity index (χ0v) is 19.8. The maximum Gasteiger partial charge on any atom is 0.276 e. The number of carboxylic acid groups (broad SMARTS) is 1. The van der Waals surface area contributed by atoms with E-state index in [0.29, 0.717) is 11.3 Å². The third-order valence-corrected chi connectivity index (χ3v) is 7.73. The second kappa shape index (κ2) is 9.33. The Labute approximate surface area is 200 Å². The number of carbonyl (C=O) groups is 3. The molecule has 1 fully saturated rings. The first-order chi connectivity index (χ1) is 15.8. The highest BCUT2D eigenvalue weighted by molar-refractivity contribution is 8.00. The summed E-state index contributed by atoms with van der Waals surface area (Å²) in [6.45, 7) is 1.85. The zero-order valence-electron chi connectivity index (χ0n) is 17.3. The van der Waals surface area contributed by atoms with Crippen LogP contribution in [0.4, 0.5) is 5.13 Å². The molecule has 2 aliphatic heterocycles. The zero-order chi connectivity index (χ0) is 23.7.